The Balaban J connectivity index is 2.86. The fourth-order valence-corrected chi connectivity index (χ4v) is 2.55. The molecule has 0 aliphatic heterocycles. The second kappa shape index (κ2) is 5.72. The van der Waals surface area contributed by atoms with E-state index in [9.17, 15) is 13.2 Å². The highest BCUT2D eigenvalue weighted by molar-refractivity contribution is 6.36. The van der Waals surface area contributed by atoms with E-state index in [1.54, 1.807) is 19.1 Å². The summed E-state index contributed by atoms with van der Waals surface area (Å²) in [5.74, 6) is 0. The lowest BCUT2D eigenvalue weighted by Gasteiger charge is -2.19. The summed E-state index contributed by atoms with van der Waals surface area (Å²) in [5.41, 5.74) is 0.594. The van der Waals surface area contributed by atoms with Gasteiger partial charge in [-0.2, -0.15) is 13.2 Å². The molecule has 0 unspecified atom stereocenters. The zero-order valence-corrected chi connectivity index (χ0v) is 12.8. The normalized spacial score (nSPS) is 12.0. The topological polar surface area (TPSA) is 24.9 Å². The van der Waals surface area contributed by atoms with Crippen molar-refractivity contribution >= 4 is 28.2 Å². The molecule has 0 bridgehead atoms. The van der Waals surface area contributed by atoms with Crippen LogP contribution < -0.4 is 5.32 Å². The van der Waals surface area contributed by atoms with E-state index < -0.39 is 11.9 Å². The van der Waals surface area contributed by atoms with Gasteiger partial charge in [-0.25, -0.2) is 4.98 Å². The molecule has 21 heavy (non-hydrogen) atoms. The molecule has 1 N–H and O–H groups in total. The molecular weight excluding hydrogens is 301 g/mol. The monoisotopic (exact) mass is 316 g/mol. The molecule has 0 aliphatic carbocycles. The first-order chi connectivity index (χ1) is 9.77. The molecule has 1 heterocycles. The van der Waals surface area contributed by atoms with Crippen LogP contribution in [0, 0.1) is 13.8 Å². The number of anilines is 1. The second-order valence-corrected chi connectivity index (χ2v) is 5.38. The van der Waals surface area contributed by atoms with Crippen LogP contribution in [0.5, 0.6) is 0 Å². The average molecular weight is 317 g/mol. The SMILES string of the molecule is CCCNc1c(C)c(C(F)(F)F)nc2c(C)ccc(Cl)c12. The summed E-state index contributed by atoms with van der Waals surface area (Å²) < 4.78 is 39.6. The highest BCUT2D eigenvalue weighted by atomic mass is 35.5. The van der Waals surface area contributed by atoms with Crippen molar-refractivity contribution in [3.63, 3.8) is 0 Å². The Labute approximate surface area is 126 Å². The van der Waals surface area contributed by atoms with Crippen molar-refractivity contribution in [2.24, 2.45) is 0 Å². The van der Waals surface area contributed by atoms with Crippen LogP contribution in [-0.4, -0.2) is 11.5 Å². The maximum Gasteiger partial charge on any atom is 0.433 e. The zero-order valence-electron chi connectivity index (χ0n) is 12.0. The zero-order chi connectivity index (χ0) is 15.8. The van der Waals surface area contributed by atoms with Gasteiger partial charge in [0.05, 0.1) is 16.2 Å². The maximum absolute atomic E-state index is 13.2. The number of alkyl halides is 3. The van der Waals surface area contributed by atoms with E-state index in [1.165, 1.54) is 6.92 Å². The number of benzene rings is 1. The van der Waals surface area contributed by atoms with E-state index in [4.69, 9.17) is 11.6 Å². The minimum Gasteiger partial charge on any atom is -0.384 e. The Morgan fingerprint density at radius 3 is 2.48 bits per heavy atom. The molecule has 1 aromatic carbocycles. The first-order valence-corrected chi connectivity index (χ1v) is 7.05. The molecule has 6 heteroatoms. The number of rotatable bonds is 3. The number of halogens is 4. The van der Waals surface area contributed by atoms with Crippen LogP contribution in [0.15, 0.2) is 12.1 Å². The molecule has 0 saturated heterocycles. The Bertz CT molecular complexity index is 681. The van der Waals surface area contributed by atoms with Crippen molar-refractivity contribution < 1.29 is 13.2 Å². The van der Waals surface area contributed by atoms with Crippen LogP contribution in [0.4, 0.5) is 18.9 Å². The summed E-state index contributed by atoms with van der Waals surface area (Å²) >= 11 is 6.19. The van der Waals surface area contributed by atoms with Crippen molar-refractivity contribution in [1.29, 1.82) is 0 Å². The number of fused-ring (bicyclic) bond motifs is 1. The van der Waals surface area contributed by atoms with E-state index in [0.29, 0.717) is 33.7 Å². The molecule has 2 aromatic rings. The molecular formula is C15H16ClF3N2. The summed E-state index contributed by atoms with van der Waals surface area (Å²) in [7, 11) is 0. The van der Waals surface area contributed by atoms with Crippen LogP contribution in [0.3, 0.4) is 0 Å². The third kappa shape index (κ3) is 2.93. The molecule has 2 rings (SSSR count). The molecule has 0 atom stereocenters. The van der Waals surface area contributed by atoms with Gasteiger partial charge < -0.3 is 5.32 Å². The lowest BCUT2D eigenvalue weighted by atomic mass is 10.0. The minimum atomic E-state index is -4.49. The van der Waals surface area contributed by atoms with Gasteiger partial charge in [0, 0.05) is 17.5 Å². The fourth-order valence-electron chi connectivity index (χ4n) is 2.30. The Morgan fingerprint density at radius 1 is 1.24 bits per heavy atom. The highest BCUT2D eigenvalue weighted by Crippen LogP contribution is 2.40. The molecule has 0 radical (unpaired) electrons. The molecule has 0 amide bonds. The number of nitrogens with zero attached hydrogens (tertiary/aromatic N) is 1. The highest BCUT2D eigenvalue weighted by Gasteiger charge is 2.36. The summed E-state index contributed by atoms with van der Waals surface area (Å²) in [4.78, 5) is 3.83. The van der Waals surface area contributed by atoms with E-state index >= 15 is 0 Å². The van der Waals surface area contributed by atoms with E-state index in [2.05, 4.69) is 10.3 Å². The number of nitrogens with one attached hydrogen (secondary N) is 1. The summed E-state index contributed by atoms with van der Waals surface area (Å²) in [6, 6.07) is 3.36. The Morgan fingerprint density at radius 2 is 1.90 bits per heavy atom. The molecule has 0 fully saturated rings. The summed E-state index contributed by atoms with van der Waals surface area (Å²) in [6.07, 6.45) is -3.69. The molecule has 0 aliphatic rings. The fraction of sp³-hybridized carbons (Fsp3) is 0.400. The first-order valence-electron chi connectivity index (χ1n) is 6.67. The predicted molar refractivity (Wildman–Crippen MR) is 80.0 cm³/mol. The molecule has 1 aromatic heterocycles. The quantitative estimate of drug-likeness (QED) is 0.826. The van der Waals surface area contributed by atoms with Gasteiger partial charge >= 0.3 is 6.18 Å². The van der Waals surface area contributed by atoms with Crippen molar-refractivity contribution in [2.75, 3.05) is 11.9 Å². The van der Waals surface area contributed by atoms with Crippen LogP contribution in [-0.2, 0) is 6.18 Å². The number of aromatic nitrogens is 1. The van der Waals surface area contributed by atoms with Crippen LogP contribution in [0.25, 0.3) is 10.9 Å². The Kier molecular flexibility index (Phi) is 4.33. The number of aryl methyl sites for hydroxylation is 1. The molecule has 0 saturated carbocycles. The average Bonchev–Trinajstić information content (AvgIpc) is 2.40. The second-order valence-electron chi connectivity index (χ2n) is 4.97. The summed E-state index contributed by atoms with van der Waals surface area (Å²) in [6.45, 7) is 5.67. The number of hydrogen-bond acceptors (Lipinski definition) is 2. The van der Waals surface area contributed by atoms with E-state index in [-0.39, 0.29) is 5.56 Å². The third-order valence-electron chi connectivity index (χ3n) is 3.35. The van der Waals surface area contributed by atoms with Crippen LogP contribution in [0.1, 0.15) is 30.2 Å². The van der Waals surface area contributed by atoms with Gasteiger partial charge in [0.25, 0.3) is 0 Å². The molecule has 0 spiro atoms. The van der Waals surface area contributed by atoms with Gasteiger partial charge in [0.15, 0.2) is 0 Å². The number of hydrogen-bond donors (Lipinski definition) is 1. The lowest BCUT2D eigenvalue weighted by molar-refractivity contribution is -0.141. The summed E-state index contributed by atoms with van der Waals surface area (Å²) in [5, 5.41) is 4.01. The van der Waals surface area contributed by atoms with Gasteiger partial charge in [0.2, 0.25) is 0 Å². The minimum absolute atomic E-state index is 0.0796. The van der Waals surface area contributed by atoms with Crippen LogP contribution >= 0.6 is 11.6 Å². The van der Waals surface area contributed by atoms with Crippen molar-refractivity contribution in [2.45, 2.75) is 33.4 Å². The van der Waals surface area contributed by atoms with Gasteiger partial charge in [0.1, 0.15) is 5.69 Å². The predicted octanol–water partition coefficient (Wildman–Crippen LogP) is 5.35. The van der Waals surface area contributed by atoms with Crippen molar-refractivity contribution in [3.05, 3.63) is 34.0 Å². The van der Waals surface area contributed by atoms with Gasteiger partial charge in [-0.3, -0.25) is 0 Å². The van der Waals surface area contributed by atoms with Gasteiger partial charge in [-0.15, -0.1) is 0 Å². The van der Waals surface area contributed by atoms with Gasteiger partial charge in [-0.05, 0) is 31.9 Å². The van der Waals surface area contributed by atoms with E-state index in [0.717, 1.165) is 6.42 Å². The Hall–Kier alpha value is -1.49. The number of pyridine rings is 1. The molecule has 114 valence electrons. The van der Waals surface area contributed by atoms with E-state index in [1.807, 2.05) is 6.92 Å². The van der Waals surface area contributed by atoms with Crippen LogP contribution in [0.2, 0.25) is 5.02 Å². The van der Waals surface area contributed by atoms with Crippen molar-refractivity contribution in [3.8, 4) is 0 Å². The largest absolute Gasteiger partial charge is 0.433 e. The maximum atomic E-state index is 13.2. The lowest BCUT2D eigenvalue weighted by Crippen LogP contribution is -2.14. The standard InChI is InChI=1S/C15H16ClF3N2/c1-4-7-20-13-9(3)14(15(17,18)19)21-12-8(2)5-6-10(16)11(12)13/h5-6H,4,7H2,1-3H3,(H,20,21). The van der Waals surface area contributed by atoms with Crippen molar-refractivity contribution in [1.82, 2.24) is 4.98 Å². The first kappa shape index (κ1) is 15.9. The van der Waals surface area contributed by atoms with Gasteiger partial charge in [-0.1, -0.05) is 24.6 Å². The smallest absolute Gasteiger partial charge is 0.384 e. The third-order valence-corrected chi connectivity index (χ3v) is 3.67. The molecule has 2 nitrogen and oxygen atoms in total.